The third kappa shape index (κ3) is 3.30. The Morgan fingerprint density at radius 2 is 2.21 bits per heavy atom. The van der Waals surface area contributed by atoms with Crippen LogP contribution in [0.3, 0.4) is 0 Å². The number of nitrogens with zero attached hydrogens (tertiary/aromatic N) is 3. The van der Waals surface area contributed by atoms with Gasteiger partial charge in [0.25, 0.3) is 0 Å². The molecular formula is C12H20N4O3. The third-order valence-corrected chi connectivity index (χ3v) is 3.24. The number of carbonyl (C=O) groups is 1. The highest BCUT2D eigenvalue weighted by Crippen LogP contribution is 2.23. The highest BCUT2D eigenvalue weighted by atomic mass is 16.4. The molecule has 2 N–H and O–H groups in total. The molecule has 0 aromatic carbocycles. The quantitative estimate of drug-likeness (QED) is 0.812. The number of likely N-dealkylation sites (tertiary alicyclic amines) is 1. The van der Waals surface area contributed by atoms with E-state index >= 15 is 0 Å². The maximum atomic E-state index is 11.7. The molecule has 1 amide bonds. The molecule has 0 aliphatic carbocycles. The van der Waals surface area contributed by atoms with Gasteiger partial charge in [-0.25, -0.2) is 0 Å². The van der Waals surface area contributed by atoms with E-state index in [1.807, 2.05) is 25.7 Å². The van der Waals surface area contributed by atoms with Gasteiger partial charge in [0.05, 0.1) is 12.1 Å². The minimum absolute atomic E-state index is 0.125. The van der Waals surface area contributed by atoms with Crippen molar-refractivity contribution in [2.24, 2.45) is 0 Å². The molecule has 0 unspecified atom stereocenters. The molecule has 1 aliphatic rings. The molecule has 2 heterocycles. The predicted octanol–water partition coefficient (Wildman–Crippen LogP) is 0.588. The summed E-state index contributed by atoms with van der Waals surface area (Å²) in [7, 11) is 0. The van der Waals surface area contributed by atoms with E-state index < -0.39 is 5.60 Å². The summed E-state index contributed by atoms with van der Waals surface area (Å²) in [4.78, 5) is 13.6. The van der Waals surface area contributed by atoms with Gasteiger partial charge in [-0.2, -0.15) is 0 Å². The van der Waals surface area contributed by atoms with Crippen LogP contribution in [0.2, 0.25) is 0 Å². The van der Waals surface area contributed by atoms with Crippen molar-refractivity contribution in [2.45, 2.75) is 38.7 Å². The monoisotopic (exact) mass is 268 g/mol. The van der Waals surface area contributed by atoms with Gasteiger partial charge in [-0.1, -0.05) is 25.9 Å². The van der Waals surface area contributed by atoms with Gasteiger partial charge in [-0.15, -0.1) is 5.10 Å². The largest absolute Gasteiger partial charge is 0.408 e. The lowest BCUT2D eigenvalue weighted by Crippen LogP contribution is -2.62. The predicted molar refractivity (Wildman–Crippen MR) is 68.7 cm³/mol. The molecule has 0 bridgehead atoms. The molecule has 0 saturated carbocycles. The number of anilines is 1. The summed E-state index contributed by atoms with van der Waals surface area (Å²) in [6.07, 6.45) is 0.701. The fourth-order valence-electron chi connectivity index (χ4n) is 2.00. The molecule has 7 nitrogen and oxygen atoms in total. The summed E-state index contributed by atoms with van der Waals surface area (Å²) in [6, 6.07) is 0.125. The molecular weight excluding hydrogens is 248 g/mol. The molecule has 0 atom stereocenters. The van der Waals surface area contributed by atoms with Crippen LogP contribution >= 0.6 is 0 Å². The molecule has 1 aliphatic heterocycles. The molecule has 1 fully saturated rings. The van der Waals surface area contributed by atoms with Gasteiger partial charge >= 0.3 is 6.01 Å². The van der Waals surface area contributed by atoms with Crippen LogP contribution in [0.1, 0.15) is 39.0 Å². The van der Waals surface area contributed by atoms with Gasteiger partial charge in [0, 0.05) is 19.0 Å². The molecule has 1 saturated heterocycles. The lowest BCUT2D eigenvalue weighted by atomic mass is 9.91. The van der Waals surface area contributed by atoms with Crippen LogP contribution in [0.5, 0.6) is 0 Å². The Hall–Kier alpha value is -1.47. The van der Waals surface area contributed by atoms with Gasteiger partial charge in [-0.3, -0.25) is 15.0 Å². The Morgan fingerprint density at radius 3 is 2.74 bits per heavy atom. The fourth-order valence-corrected chi connectivity index (χ4v) is 2.00. The van der Waals surface area contributed by atoms with Crippen LogP contribution in [0.25, 0.3) is 0 Å². The number of hydrogen-bond donors (Lipinski definition) is 2. The lowest BCUT2D eigenvalue weighted by Gasteiger charge is -2.45. The average Bonchev–Trinajstić information content (AvgIpc) is 2.75. The second-order valence-electron chi connectivity index (χ2n) is 5.37. The van der Waals surface area contributed by atoms with Gasteiger partial charge in [0.1, 0.15) is 0 Å². The van der Waals surface area contributed by atoms with E-state index in [4.69, 9.17) is 4.42 Å². The van der Waals surface area contributed by atoms with E-state index in [1.165, 1.54) is 0 Å². The van der Waals surface area contributed by atoms with Crippen molar-refractivity contribution < 1.29 is 14.3 Å². The first kappa shape index (κ1) is 14.0. The summed E-state index contributed by atoms with van der Waals surface area (Å²) < 4.78 is 5.29. The Bertz CT molecular complexity index is 452. The summed E-state index contributed by atoms with van der Waals surface area (Å²) in [5.74, 6) is 0.421. The molecule has 106 valence electrons. The minimum atomic E-state index is -0.629. The zero-order valence-corrected chi connectivity index (χ0v) is 11.5. The zero-order valence-electron chi connectivity index (χ0n) is 11.5. The molecule has 19 heavy (non-hydrogen) atoms. The lowest BCUT2D eigenvalue weighted by molar-refractivity contribution is -0.128. The van der Waals surface area contributed by atoms with Crippen LogP contribution in [0, 0.1) is 0 Å². The molecule has 7 heteroatoms. The van der Waals surface area contributed by atoms with E-state index in [0.29, 0.717) is 25.4 Å². The number of hydrogen-bond acceptors (Lipinski definition) is 6. The van der Waals surface area contributed by atoms with E-state index in [0.717, 1.165) is 0 Å². The second-order valence-corrected chi connectivity index (χ2v) is 5.37. The summed E-state index contributed by atoms with van der Waals surface area (Å²) in [5, 5.41) is 20.0. The topological polar surface area (TPSA) is 91.5 Å². The summed E-state index contributed by atoms with van der Waals surface area (Å²) in [5.41, 5.74) is -0.629. The summed E-state index contributed by atoms with van der Waals surface area (Å²) >= 11 is 0. The molecule has 1 aromatic heterocycles. The number of β-amino-alcohol motifs (C(OH)–C–C–N with tert-alkyl or cyclic N) is 1. The fraction of sp³-hybridized carbons (Fsp3) is 0.750. The molecule has 0 spiro atoms. The van der Waals surface area contributed by atoms with Crippen molar-refractivity contribution in [2.75, 3.05) is 25.0 Å². The van der Waals surface area contributed by atoms with Crippen LogP contribution in [-0.2, 0) is 4.79 Å². The minimum Gasteiger partial charge on any atom is -0.408 e. The first-order chi connectivity index (χ1) is 8.92. The third-order valence-electron chi connectivity index (χ3n) is 3.24. The van der Waals surface area contributed by atoms with Crippen molar-refractivity contribution >= 4 is 11.9 Å². The maximum absolute atomic E-state index is 11.7. The van der Waals surface area contributed by atoms with Crippen molar-refractivity contribution in [3.8, 4) is 0 Å². The van der Waals surface area contributed by atoms with E-state index in [2.05, 4.69) is 15.5 Å². The van der Waals surface area contributed by atoms with Gasteiger partial charge in [-0.05, 0) is 6.42 Å². The first-order valence-electron chi connectivity index (χ1n) is 6.50. The van der Waals surface area contributed by atoms with Crippen molar-refractivity contribution in [3.63, 3.8) is 0 Å². The Balaban J connectivity index is 1.79. The second kappa shape index (κ2) is 5.26. The van der Waals surface area contributed by atoms with Gasteiger partial charge in [0.2, 0.25) is 11.8 Å². The number of rotatable bonds is 5. The van der Waals surface area contributed by atoms with Gasteiger partial charge in [0.15, 0.2) is 0 Å². The Morgan fingerprint density at radius 1 is 1.53 bits per heavy atom. The number of amides is 1. The number of carbonyl (C=O) groups excluding carboxylic acids is 1. The number of aromatic nitrogens is 2. The first-order valence-corrected chi connectivity index (χ1v) is 6.50. The zero-order chi connectivity index (χ0) is 14.0. The summed E-state index contributed by atoms with van der Waals surface area (Å²) in [6.45, 7) is 7.08. The average molecular weight is 268 g/mol. The maximum Gasteiger partial charge on any atom is 0.322 e. The van der Waals surface area contributed by atoms with Crippen LogP contribution in [0.15, 0.2) is 4.42 Å². The van der Waals surface area contributed by atoms with Crippen molar-refractivity contribution in [1.82, 2.24) is 15.1 Å². The number of aliphatic hydroxyl groups is 1. The Kier molecular flexibility index (Phi) is 3.86. The van der Waals surface area contributed by atoms with Crippen LogP contribution in [-0.4, -0.2) is 51.3 Å². The smallest absolute Gasteiger partial charge is 0.322 e. The molecule has 0 radical (unpaired) electrons. The van der Waals surface area contributed by atoms with Crippen molar-refractivity contribution in [3.05, 3.63) is 5.89 Å². The van der Waals surface area contributed by atoms with Crippen molar-refractivity contribution in [1.29, 1.82) is 0 Å². The van der Waals surface area contributed by atoms with E-state index in [-0.39, 0.29) is 24.4 Å². The highest BCUT2D eigenvalue weighted by Gasteiger charge is 2.39. The molecule has 2 rings (SSSR count). The number of nitrogens with one attached hydrogen (secondary N) is 1. The standard InChI is InChI=1S/C12H20N4O3/c1-4-12(18)6-16(7-12)5-9(17)13-11-15-14-10(19-11)8(2)3/h8,18H,4-7H2,1-3H3,(H,13,15,17). The van der Waals surface area contributed by atoms with Crippen LogP contribution < -0.4 is 5.32 Å². The van der Waals surface area contributed by atoms with E-state index in [9.17, 15) is 9.90 Å². The molecule has 1 aromatic rings. The van der Waals surface area contributed by atoms with E-state index in [1.54, 1.807) is 0 Å². The normalized spacial score (nSPS) is 18.4. The van der Waals surface area contributed by atoms with Crippen LogP contribution in [0.4, 0.5) is 6.01 Å². The Labute approximate surface area is 112 Å². The van der Waals surface area contributed by atoms with Gasteiger partial charge < -0.3 is 9.52 Å². The highest BCUT2D eigenvalue weighted by molar-refractivity contribution is 5.90. The SMILES string of the molecule is CCC1(O)CN(CC(=O)Nc2nnc(C(C)C)o2)C1.